The summed E-state index contributed by atoms with van der Waals surface area (Å²) < 4.78 is 47.9. The Morgan fingerprint density at radius 2 is 1.78 bits per heavy atom. The Morgan fingerprint density at radius 1 is 1.07 bits per heavy atom. The van der Waals surface area contributed by atoms with Gasteiger partial charge in [-0.15, -0.1) is 0 Å². The number of hydrogen-bond donors (Lipinski definition) is 3. The van der Waals surface area contributed by atoms with Gasteiger partial charge in [-0.25, -0.2) is 14.0 Å². The van der Waals surface area contributed by atoms with Crippen LogP contribution in [0.5, 0.6) is 23.0 Å². The Bertz CT molecular complexity index is 1840. The SMILES string of the molecule is CO[C@@H]1[C@@H](OC(N)=O)[C@@H](O)[C@H](Oc2ccc3c(O)c(CC(=O)c4ccc(F)c(Oc5ccccc5)c4)c(=O)oc3c2C)OC1(C)C. The summed E-state index contributed by atoms with van der Waals surface area (Å²) in [7, 11) is 1.36. The number of carbonyl (C=O) groups excluding carboxylic acids is 2. The van der Waals surface area contributed by atoms with Crippen LogP contribution in [0.15, 0.2) is 69.9 Å². The molecule has 242 valence electrons. The monoisotopic (exact) mass is 637 g/mol. The Balaban J connectivity index is 1.41. The second-order valence-electron chi connectivity index (χ2n) is 11.2. The van der Waals surface area contributed by atoms with Crippen molar-refractivity contribution in [3.8, 4) is 23.0 Å². The number of fused-ring (bicyclic) bond motifs is 1. The number of benzene rings is 3. The van der Waals surface area contributed by atoms with E-state index in [1.54, 1.807) is 51.1 Å². The Hall–Kier alpha value is -4.98. The number of primary amides is 1. The van der Waals surface area contributed by atoms with Crippen molar-refractivity contribution in [2.24, 2.45) is 5.73 Å². The largest absolute Gasteiger partial charge is 0.507 e. The third kappa shape index (κ3) is 6.38. The van der Waals surface area contributed by atoms with Crippen LogP contribution < -0.4 is 20.8 Å². The molecule has 4 N–H and O–H groups in total. The first-order valence-electron chi connectivity index (χ1n) is 14.2. The molecule has 0 aliphatic carbocycles. The van der Waals surface area contributed by atoms with E-state index in [0.29, 0.717) is 5.75 Å². The summed E-state index contributed by atoms with van der Waals surface area (Å²) in [4.78, 5) is 37.7. The summed E-state index contributed by atoms with van der Waals surface area (Å²) in [5.41, 5.74) is 3.09. The summed E-state index contributed by atoms with van der Waals surface area (Å²) in [6.45, 7) is 4.85. The fraction of sp³-hybridized carbons (Fsp3) is 0.303. The van der Waals surface area contributed by atoms with Gasteiger partial charge in [-0.1, -0.05) is 18.2 Å². The van der Waals surface area contributed by atoms with Gasteiger partial charge < -0.3 is 44.0 Å². The van der Waals surface area contributed by atoms with Crippen LogP contribution in [0.1, 0.15) is 35.3 Å². The van der Waals surface area contributed by atoms with Gasteiger partial charge in [0.15, 0.2) is 29.6 Å². The molecule has 0 radical (unpaired) electrons. The molecule has 5 rings (SSSR count). The molecule has 4 atom stereocenters. The lowest BCUT2D eigenvalue weighted by molar-refractivity contribution is -0.304. The van der Waals surface area contributed by atoms with E-state index >= 15 is 0 Å². The molecule has 1 amide bonds. The van der Waals surface area contributed by atoms with E-state index in [1.807, 2.05) is 0 Å². The Morgan fingerprint density at radius 3 is 2.46 bits per heavy atom. The van der Waals surface area contributed by atoms with Crippen LogP contribution in [0.25, 0.3) is 11.0 Å². The lowest BCUT2D eigenvalue weighted by Crippen LogP contribution is -2.65. The molecular formula is C33H32FNO11. The number of rotatable bonds is 9. The standard InChI is InChI=1S/C33H32FNO11/c1-16-23(43-31-26(38)28(45-32(35)40)29(41-4)33(2,3)46-31)13-11-19-25(37)20(30(39)44-27(16)19)15-22(36)17-10-12-21(34)24(14-17)42-18-8-6-5-7-9-18/h5-14,26,28-29,31,37-38H,15H2,1-4H3,(H2,35,40)/t26-,28+,29-,31-/m1/s1. The van der Waals surface area contributed by atoms with E-state index in [0.717, 1.165) is 6.07 Å². The minimum Gasteiger partial charge on any atom is -0.507 e. The highest BCUT2D eigenvalue weighted by molar-refractivity contribution is 5.99. The minimum absolute atomic E-state index is 0.0409. The molecule has 46 heavy (non-hydrogen) atoms. The molecule has 0 saturated carbocycles. The molecule has 2 heterocycles. The quantitative estimate of drug-likeness (QED) is 0.174. The molecule has 0 bridgehead atoms. The van der Waals surface area contributed by atoms with E-state index in [-0.39, 0.29) is 39.2 Å². The summed E-state index contributed by atoms with van der Waals surface area (Å²) in [6.07, 6.45) is -6.69. The third-order valence-corrected chi connectivity index (χ3v) is 7.67. The Labute approximate surface area is 262 Å². The van der Waals surface area contributed by atoms with Gasteiger partial charge in [-0.2, -0.15) is 0 Å². The highest BCUT2D eigenvalue weighted by Crippen LogP contribution is 2.38. The van der Waals surface area contributed by atoms with Crippen LogP contribution in [0.3, 0.4) is 0 Å². The number of aliphatic hydroxyl groups excluding tert-OH is 1. The first-order chi connectivity index (χ1) is 21.8. The van der Waals surface area contributed by atoms with Gasteiger partial charge in [0.2, 0.25) is 6.29 Å². The predicted molar refractivity (Wildman–Crippen MR) is 161 cm³/mol. The molecule has 3 aromatic carbocycles. The molecule has 1 aromatic heterocycles. The molecule has 4 aromatic rings. The molecule has 1 saturated heterocycles. The van der Waals surface area contributed by atoms with Gasteiger partial charge in [0.1, 0.15) is 28.9 Å². The van der Waals surface area contributed by atoms with E-state index in [4.69, 9.17) is 33.8 Å². The van der Waals surface area contributed by atoms with Crippen molar-refractivity contribution < 1.29 is 52.3 Å². The number of aromatic hydroxyl groups is 1. The number of aliphatic hydroxyl groups is 1. The number of halogens is 1. The molecule has 0 spiro atoms. The van der Waals surface area contributed by atoms with Crippen LogP contribution in [-0.4, -0.2) is 59.4 Å². The number of aryl methyl sites for hydroxylation is 1. The smallest absolute Gasteiger partial charge is 0.404 e. The van der Waals surface area contributed by atoms with E-state index in [2.05, 4.69) is 0 Å². The van der Waals surface area contributed by atoms with Crippen molar-refractivity contribution in [3.05, 3.63) is 93.6 Å². The number of ketones is 1. The maximum atomic E-state index is 14.4. The molecule has 12 nitrogen and oxygen atoms in total. The number of amides is 1. The number of methoxy groups -OCH3 is 1. The number of hydrogen-bond acceptors (Lipinski definition) is 11. The first kappa shape index (κ1) is 32.4. The first-order valence-corrected chi connectivity index (χ1v) is 14.2. The highest BCUT2D eigenvalue weighted by Gasteiger charge is 2.53. The fourth-order valence-corrected chi connectivity index (χ4v) is 5.39. The zero-order valence-electron chi connectivity index (χ0n) is 25.3. The number of carbonyl (C=O) groups is 2. The van der Waals surface area contributed by atoms with Crippen molar-refractivity contribution >= 4 is 22.8 Å². The van der Waals surface area contributed by atoms with Crippen LogP contribution in [0.2, 0.25) is 0 Å². The van der Waals surface area contributed by atoms with Gasteiger partial charge in [0.25, 0.3) is 0 Å². The van der Waals surface area contributed by atoms with Crippen molar-refractivity contribution in [2.75, 3.05) is 7.11 Å². The topological polar surface area (TPSA) is 177 Å². The van der Waals surface area contributed by atoms with Crippen LogP contribution in [0.4, 0.5) is 9.18 Å². The normalized spacial score (nSPS) is 20.7. The number of Topliss-reactive ketones (excluding diaryl/α,β-unsaturated/α-hetero) is 1. The van der Waals surface area contributed by atoms with Gasteiger partial charge in [0.05, 0.1) is 16.6 Å². The fourth-order valence-electron chi connectivity index (χ4n) is 5.39. The number of ether oxygens (including phenoxy) is 5. The average Bonchev–Trinajstić information content (AvgIpc) is 3.00. The summed E-state index contributed by atoms with van der Waals surface area (Å²) >= 11 is 0. The highest BCUT2D eigenvalue weighted by atomic mass is 19.1. The molecule has 0 unspecified atom stereocenters. The maximum absolute atomic E-state index is 14.4. The van der Waals surface area contributed by atoms with Crippen molar-refractivity contribution in [1.29, 1.82) is 0 Å². The lowest BCUT2D eigenvalue weighted by Gasteiger charge is -2.47. The van der Waals surface area contributed by atoms with Crippen molar-refractivity contribution in [3.63, 3.8) is 0 Å². The molecule has 13 heteroatoms. The maximum Gasteiger partial charge on any atom is 0.404 e. The molecule has 1 fully saturated rings. The summed E-state index contributed by atoms with van der Waals surface area (Å²) in [5.74, 6) is -1.47. The second kappa shape index (κ2) is 12.8. The van der Waals surface area contributed by atoms with Gasteiger partial charge >= 0.3 is 11.7 Å². The van der Waals surface area contributed by atoms with Crippen molar-refractivity contribution in [1.82, 2.24) is 0 Å². The van der Waals surface area contributed by atoms with Crippen LogP contribution in [0, 0.1) is 12.7 Å². The minimum atomic E-state index is -1.53. The zero-order valence-corrected chi connectivity index (χ0v) is 25.3. The van der Waals surface area contributed by atoms with E-state index in [1.165, 1.54) is 31.4 Å². The Kier molecular flexibility index (Phi) is 9.01. The summed E-state index contributed by atoms with van der Waals surface area (Å²) in [6, 6.07) is 14.8. The van der Waals surface area contributed by atoms with E-state index in [9.17, 15) is 29.0 Å². The third-order valence-electron chi connectivity index (χ3n) is 7.67. The van der Waals surface area contributed by atoms with Crippen molar-refractivity contribution in [2.45, 2.75) is 57.4 Å². The molecule has 1 aliphatic heterocycles. The zero-order chi connectivity index (χ0) is 33.3. The molecule has 1 aliphatic rings. The van der Waals surface area contributed by atoms with Gasteiger partial charge in [-0.05, 0) is 63.2 Å². The van der Waals surface area contributed by atoms with Gasteiger partial charge in [-0.3, -0.25) is 4.79 Å². The predicted octanol–water partition coefficient (Wildman–Crippen LogP) is 4.52. The van der Waals surface area contributed by atoms with Crippen LogP contribution >= 0.6 is 0 Å². The van der Waals surface area contributed by atoms with Gasteiger partial charge in [0, 0.05) is 24.7 Å². The van der Waals surface area contributed by atoms with E-state index < -0.39 is 65.7 Å². The average molecular weight is 638 g/mol. The number of para-hydroxylation sites is 1. The number of nitrogens with two attached hydrogens (primary N) is 1. The lowest BCUT2D eigenvalue weighted by atomic mass is 9.89. The van der Waals surface area contributed by atoms with Crippen LogP contribution in [-0.2, 0) is 20.6 Å². The summed E-state index contributed by atoms with van der Waals surface area (Å²) in [5, 5.41) is 22.1. The molecular weight excluding hydrogens is 605 g/mol. The second-order valence-corrected chi connectivity index (χ2v) is 11.2.